The molecule has 2 fully saturated rings. The van der Waals surface area contributed by atoms with Gasteiger partial charge in [0.15, 0.2) is 0 Å². The maximum Gasteiger partial charge on any atom is 0.352 e. The summed E-state index contributed by atoms with van der Waals surface area (Å²) in [5.74, 6) is -1.20. The number of para-hydroxylation sites is 2. The van der Waals surface area contributed by atoms with Crippen molar-refractivity contribution >= 4 is 34.4 Å². The lowest BCUT2D eigenvalue weighted by Gasteiger charge is -2.43. The van der Waals surface area contributed by atoms with E-state index in [1.807, 2.05) is 100 Å². The van der Waals surface area contributed by atoms with Crippen LogP contribution < -0.4 is 4.90 Å². The van der Waals surface area contributed by atoms with Crippen molar-refractivity contribution in [2.24, 2.45) is 0 Å². The largest absolute Gasteiger partial charge is 0.477 e. The molecule has 0 radical (unpaired) electrons. The number of amides is 1. The Morgan fingerprint density at radius 3 is 2.22 bits per heavy atom. The van der Waals surface area contributed by atoms with Crippen LogP contribution in [0.2, 0.25) is 0 Å². The average Bonchev–Trinajstić information content (AvgIpc) is 3.64. The summed E-state index contributed by atoms with van der Waals surface area (Å²) in [6, 6.07) is 36.6. The maximum absolute atomic E-state index is 14.4. The monoisotopic (exact) mass is 656 g/mol. The molecule has 2 aliphatic heterocycles. The van der Waals surface area contributed by atoms with Gasteiger partial charge in [-0.25, -0.2) is 9.59 Å². The molecular weight excluding hydrogens is 616 g/mol. The molecular formula is C40H40N4O5. The minimum Gasteiger partial charge on any atom is -0.477 e. The minimum absolute atomic E-state index is 0.109. The van der Waals surface area contributed by atoms with Crippen LogP contribution >= 0.6 is 0 Å². The van der Waals surface area contributed by atoms with Gasteiger partial charge in [0.2, 0.25) is 5.91 Å². The quantitative estimate of drug-likeness (QED) is 0.164. The molecule has 49 heavy (non-hydrogen) atoms. The second-order valence-corrected chi connectivity index (χ2v) is 12.9. The van der Waals surface area contributed by atoms with Crippen molar-refractivity contribution in [1.82, 2.24) is 14.4 Å². The van der Waals surface area contributed by atoms with E-state index in [2.05, 4.69) is 21.9 Å². The molecule has 2 saturated heterocycles. The molecule has 0 atom stereocenters. The number of nitrogens with zero attached hydrogens (tertiary/aromatic N) is 4. The number of likely N-dealkylation sites (tertiary alicyclic amines) is 1. The summed E-state index contributed by atoms with van der Waals surface area (Å²) in [6.07, 6.45) is 2.18. The van der Waals surface area contributed by atoms with E-state index in [9.17, 15) is 19.5 Å². The second-order valence-electron chi connectivity index (χ2n) is 12.9. The first kappa shape index (κ1) is 32.2. The summed E-state index contributed by atoms with van der Waals surface area (Å²) in [7, 11) is 0. The highest BCUT2D eigenvalue weighted by molar-refractivity contribution is 5.95. The van der Waals surface area contributed by atoms with Crippen molar-refractivity contribution in [2.75, 3.05) is 31.2 Å². The first-order chi connectivity index (χ1) is 23.9. The van der Waals surface area contributed by atoms with Crippen LogP contribution in [-0.2, 0) is 29.2 Å². The molecule has 250 valence electrons. The van der Waals surface area contributed by atoms with Gasteiger partial charge in [-0.2, -0.15) is 0 Å². The van der Waals surface area contributed by atoms with E-state index in [1.54, 1.807) is 12.1 Å². The van der Waals surface area contributed by atoms with Gasteiger partial charge in [0.25, 0.3) is 0 Å². The number of hydrogen-bond donors (Lipinski definition) is 1. The predicted octanol–water partition coefficient (Wildman–Crippen LogP) is 6.43. The van der Waals surface area contributed by atoms with Gasteiger partial charge in [-0.3, -0.25) is 4.79 Å². The Bertz CT molecular complexity index is 1950. The smallest absolute Gasteiger partial charge is 0.352 e. The molecule has 2 aliphatic rings. The summed E-state index contributed by atoms with van der Waals surface area (Å²) in [6.45, 7) is 4.02. The molecule has 1 N–H and O–H groups in total. The highest BCUT2D eigenvalue weighted by Crippen LogP contribution is 2.40. The Morgan fingerprint density at radius 2 is 1.47 bits per heavy atom. The molecule has 0 aliphatic carbocycles. The molecule has 5 aromatic rings. The lowest BCUT2D eigenvalue weighted by Crippen LogP contribution is -2.56. The van der Waals surface area contributed by atoms with E-state index in [1.165, 1.54) is 0 Å². The van der Waals surface area contributed by atoms with Gasteiger partial charge in [0, 0.05) is 42.8 Å². The Balaban J connectivity index is 1.02. The number of aryl methyl sites for hydroxylation is 1. The van der Waals surface area contributed by atoms with Crippen LogP contribution in [0, 0.1) is 0 Å². The van der Waals surface area contributed by atoms with Crippen molar-refractivity contribution in [1.29, 1.82) is 0 Å². The standard InChI is InChI=1S/C40H40N4O5/c45-37(46)36-26-32-14-7-8-18-35(32)43(36)22-10-21-41-23-19-40(20-24-41)39(48)42(29-44(40)34-16-5-2-6-17-34)27-31-13-9-15-33(25-31)38(47)49-28-30-11-3-1-4-12-30/h1-9,11-18,25-26H,10,19-24,27-29H2,(H,45,46). The first-order valence-electron chi connectivity index (χ1n) is 16.9. The molecule has 1 amide bonds. The van der Waals surface area contributed by atoms with Crippen LogP contribution in [0.4, 0.5) is 5.69 Å². The van der Waals surface area contributed by atoms with Gasteiger partial charge < -0.3 is 29.1 Å². The van der Waals surface area contributed by atoms with Crippen molar-refractivity contribution in [2.45, 2.75) is 44.5 Å². The number of esters is 1. The van der Waals surface area contributed by atoms with Gasteiger partial charge in [-0.05, 0) is 73.3 Å². The number of ether oxygens (including phenoxy) is 1. The molecule has 0 saturated carbocycles. The topological polar surface area (TPSA) is 95.3 Å². The third-order valence-corrected chi connectivity index (χ3v) is 9.90. The number of carboxylic acid groups (broad SMARTS) is 1. The molecule has 7 rings (SSSR count). The molecule has 9 heteroatoms. The molecule has 1 aromatic heterocycles. The van der Waals surface area contributed by atoms with E-state index in [0.29, 0.717) is 43.9 Å². The van der Waals surface area contributed by atoms with E-state index >= 15 is 0 Å². The number of anilines is 1. The first-order valence-corrected chi connectivity index (χ1v) is 16.9. The van der Waals surface area contributed by atoms with Crippen molar-refractivity contribution in [3.05, 3.63) is 138 Å². The number of piperidine rings is 1. The summed E-state index contributed by atoms with van der Waals surface area (Å²) < 4.78 is 7.46. The number of carboxylic acids is 1. The Morgan fingerprint density at radius 1 is 0.776 bits per heavy atom. The van der Waals surface area contributed by atoms with E-state index in [4.69, 9.17) is 4.74 Å². The van der Waals surface area contributed by atoms with Crippen LogP contribution in [0.3, 0.4) is 0 Å². The zero-order valence-electron chi connectivity index (χ0n) is 27.4. The van der Waals surface area contributed by atoms with Crippen LogP contribution in [-0.4, -0.2) is 69.2 Å². The number of fused-ring (bicyclic) bond motifs is 1. The van der Waals surface area contributed by atoms with E-state index < -0.39 is 17.5 Å². The fourth-order valence-corrected chi connectivity index (χ4v) is 7.37. The molecule has 3 heterocycles. The summed E-state index contributed by atoms with van der Waals surface area (Å²) in [5.41, 5.74) is 3.87. The van der Waals surface area contributed by atoms with Crippen LogP contribution in [0.15, 0.2) is 115 Å². The van der Waals surface area contributed by atoms with Gasteiger partial charge in [0.05, 0.1) is 12.2 Å². The molecule has 9 nitrogen and oxygen atoms in total. The Labute approximate surface area is 285 Å². The lowest BCUT2D eigenvalue weighted by atomic mass is 9.85. The van der Waals surface area contributed by atoms with Gasteiger partial charge in [0.1, 0.15) is 17.8 Å². The van der Waals surface area contributed by atoms with E-state index in [-0.39, 0.29) is 12.5 Å². The Hall–Kier alpha value is -5.41. The molecule has 0 unspecified atom stereocenters. The summed E-state index contributed by atoms with van der Waals surface area (Å²) >= 11 is 0. The maximum atomic E-state index is 14.4. The van der Waals surface area contributed by atoms with Crippen LogP contribution in [0.5, 0.6) is 0 Å². The zero-order chi connectivity index (χ0) is 33.8. The number of hydrogen-bond acceptors (Lipinski definition) is 6. The number of carbonyl (C=O) groups is 3. The normalized spacial score (nSPS) is 16.0. The number of rotatable bonds is 11. The Kier molecular flexibility index (Phi) is 9.17. The minimum atomic E-state index is -0.920. The average molecular weight is 657 g/mol. The molecule has 4 aromatic carbocycles. The van der Waals surface area contributed by atoms with Crippen molar-refractivity contribution < 1.29 is 24.2 Å². The highest BCUT2D eigenvalue weighted by atomic mass is 16.5. The van der Waals surface area contributed by atoms with Gasteiger partial charge in [-0.15, -0.1) is 0 Å². The summed E-state index contributed by atoms with van der Waals surface area (Å²) in [5, 5.41) is 10.7. The van der Waals surface area contributed by atoms with Gasteiger partial charge >= 0.3 is 11.9 Å². The summed E-state index contributed by atoms with van der Waals surface area (Å²) in [4.78, 5) is 45.8. The highest BCUT2D eigenvalue weighted by Gasteiger charge is 2.53. The third kappa shape index (κ3) is 6.67. The number of aromatic carboxylic acids is 1. The zero-order valence-corrected chi connectivity index (χ0v) is 27.4. The fraction of sp³-hybridized carbons (Fsp3) is 0.275. The van der Waals surface area contributed by atoms with Gasteiger partial charge in [-0.1, -0.05) is 78.9 Å². The SMILES string of the molecule is O=C(OCc1ccccc1)c1cccc(CN2CN(c3ccccc3)C3(CCN(CCCn4c(C(=O)O)cc5ccccc54)CC3)C2=O)c1. The second kappa shape index (κ2) is 14.0. The van der Waals surface area contributed by atoms with Crippen molar-refractivity contribution in [3.8, 4) is 0 Å². The fourth-order valence-electron chi connectivity index (χ4n) is 7.37. The third-order valence-electron chi connectivity index (χ3n) is 9.90. The van der Waals surface area contributed by atoms with Crippen LogP contribution in [0.25, 0.3) is 10.9 Å². The van der Waals surface area contributed by atoms with Crippen LogP contribution in [0.1, 0.15) is 51.2 Å². The molecule has 1 spiro atoms. The van der Waals surface area contributed by atoms with Crippen molar-refractivity contribution in [3.63, 3.8) is 0 Å². The number of aromatic nitrogens is 1. The van der Waals surface area contributed by atoms with E-state index in [0.717, 1.165) is 53.8 Å². The number of carbonyl (C=O) groups excluding carboxylic acids is 2. The number of benzene rings is 4. The lowest BCUT2D eigenvalue weighted by molar-refractivity contribution is -0.134. The molecule has 0 bridgehead atoms. The predicted molar refractivity (Wildman–Crippen MR) is 188 cm³/mol.